The van der Waals surface area contributed by atoms with Crippen LogP contribution in [0.3, 0.4) is 0 Å². The smallest absolute Gasteiger partial charge is 0.283 e. The SMILES string of the molecule is CCC(N)CNc1cnn(CC2CC2)c(=O)c1Br. The first-order valence-corrected chi connectivity index (χ1v) is 7.16. The van der Waals surface area contributed by atoms with Gasteiger partial charge in [-0.05, 0) is 41.1 Å². The molecule has 0 aliphatic heterocycles. The number of hydrogen-bond acceptors (Lipinski definition) is 4. The van der Waals surface area contributed by atoms with Crippen molar-refractivity contribution >= 4 is 21.6 Å². The maximum absolute atomic E-state index is 12.0. The van der Waals surface area contributed by atoms with Gasteiger partial charge in [0.05, 0.1) is 11.9 Å². The monoisotopic (exact) mass is 314 g/mol. The Hall–Kier alpha value is -0.880. The van der Waals surface area contributed by atoms with Crippen molar-refractivity contribution in [1.82, 2.24) is 9.78 Å². The third-order valence-corrected chi connectivity index (χ3v) is 3.96. The third-order valence-electron chi connectivity index (χ3n) is 3.19. The molecular formula is C12H19BrN4O. The molecule has 1 fully saturated rings. The van der Waals surface area contributed by atoms with Crippen LogP contribution in [0.15, 0.2) is 15.5 Å². The van der Waals surface area contributed by atoms with E-state index >= 15 is 0 Å². The lowest BCUT2D eigenvalue weighted by Crippen LogP contribution is -2.30. The van der Waals surface area contributed by atoms with E-state index in [0.29, 0.717) is 16.9 Å². The van der Waals surface area contributed by atoms with Gasteiger partial charge in [-0.25, -0.2) is 4.68 Å². The summed E-state index contributed by atoms with van der Waals surface area (Å²) < 4.78 is 2.08. The minimum Gasteiger partial charge on any atom is -0.381 e. The summed E-state index contributed by atoms with van der Waals surface area (Å²) in [7, 11) is 0. The molecule has 0 amide bonds. The molecule has 0 saturated heterocycles. The Balaban J connectivity index is 2.07. The molecule has 0 aromatic carbocycles. The lowest BCUT2D eigenvalue weighted by molar-refractivity contribution is 0.531. The minimum atomic E-state index is -0.0723. The topological polar surface area (TPSA) is 72.9 Å². The molecular weight excluding hydrogens is 296 g/mol. The number of anilines is 1. The molecule has 1 heterocycles. The number of nitrogens with two attached hydrogens (primary N) is 1. The Bertz CT molecular complexity index is 470. The van der Waals surface area contributed by atoms with Gasteiger partial charge in [0.2, 0.25) is 0 Å². The van der Waals surface area contributed by atoms with E-state index in [4.69, 9.17) is 5.73 Å². The van der Waals surface area contributed by atoms with Crippen LogP contribution in [0.2, 0.25) is 0 Å². The number of nitrogens with zero attached hydrogens (tertiary/aromatic N) is 2. The molecule has 5 nitrogen and oxygen atoms in total. The molecule has 1 aromatic rings. The van der Waals surface area contributed by atoms with E-state index in [9.17, 15) is 4.79 Å². The van der Waals surface area contributed by atoms with Gasteiger partial charge >= 0.3 is 0 Å². The summed E-state index contributed by atoms with van der Waals surface area (Å²) in [4.78, 5) is 12.0. The number of aromatic nitrogens is 2. The fraction of sp³-hybridized carbons (Fsp3) is 0.667. The van der Waals surface area contributed by atoms with Gasteiger partial charge in [0.15, 0.2) is 0 Å². The first kappa shape index (κ1) is 13.5. The molecule has 1 unspecified atom stereocenters. The number of halogens is 1. The van der Waals surface area contributed by atoms with Gasteiger partial charge in [-0.1, -0.05) is 6.92 Å². The second-order valence-electron chi connectivity index (χ2n) is 4.85. The van der Waals surface area contributed by atoms with Crippen LogP contribution >= 0.6 is 15.9 Å². The Kier molecular flexibility index (Phi) is 4.40. The summed E-state index contributed by atoms with van der Waals surface area (Å²) in [6.45, 7) is 3.41. The summed E-state index contributed by atoms with van der Waals surface area (Å²) in [5.74, 6) is 0.634. The lowest BCUT2D eigenvalue weighted by atomic mass is 10.2. The molecule has 1 aliphatic rings. The van der Waals surface area contributed by atoms with Gasteiger partial charge < -0.3 is 11.1 Å². The zero-order chi connectivity index (χ0) is 13.1. The third kappa shape index (κ3) is 3.32. The first-order valence-electron chi connectivity index (χ1n) is 6.37. The Morgan fingerprint density at radius 1 is 1.67 bits per heavy atom. The van der Waals surface area contributed by atoms with Crippen LogP contribution in [0.1, 0.15) is 26.2 Å². The molecule has 100 valence electrons. The summed E-state index contributed by atoms with van der Waals surface area (Å²) in [6, 6.07) is 0.0887. The molecule has 18 heavy (non-hydrogen) atoms. The van der Waals surface area contributed by atoms with E-state index in [1.807, 2.05) is 6.92 Å². The molecule has 1 atom stereocenters. The van der Waals surface area contributed by atoms with Crippen molar-refractivity contribution in [3.63, 3.8) is 0 Å². The van der Waals surface area contributed by atoms with E-state index in [-0.39, 0.29) is 11.6 Å². The Labute approximate surface area is 115 Å². The van der Waals surface area contributed by atoms with E-state index in [1.165, 1.54) is 17.5 Å². The zero-order valence-electron chi connectivity index (χ0n) is 10.5. The van der Waals surface area contributed by atoms with Crippen molar-refractivity contribution < 1.29 is 0 Å². The fourth-order valence-corrected chi connectivity index (χ4v) is 2.10. The van der Waals surface area contributed by atoms with Crippen LogP contribution in [0.5, 0.6) is 0 Å². The maximum atomic E-state index is 12.0. The minimum absolute atomic E-state index is 0.0723. The second-order valence-corrected chi connectivity index (χ2v) is 5.65. The molecule has 0 bridgehead atoms. The van der Waals surface area contributed by atoms with Crippen molar-refractivity contribution in [3.05, 3.63) is 21.0 Å². The Morgan fingerprint density at radius 3 is 3.00 bits per heavy atom. The largest absolute Gasteiger partial charge is 0.381 e. The summed E-state index contributed by atoms with van der Waals surface area (Å²) in [5, 5.41) is 7.35. The molecule has 3 N–H and O–H groups in total. The molecule has 0 radical (unpaired) electrons. The van der Waals surface area contributed by atoms with Crippen molar-refractivity contribution in [2.45, 2.75) is 38.8 Å². The van der Waals surface area contributed by atoms with Gasteiger partial charge in [0.1, 0.15) is 4.47 Å². The molecule has 0 spiro atoms. The van der Waals surface area contributed by atoms with Crippen molar-refractivity contribution in [2.75, 3.05) is 11.9 Å². The lowest BCUT2D eigenvalue weighted by Gasteiger charge is -2.13. The van der Waals surface area contributed by atoms with Crippen molar-refractivity contribution in [1.29, 1.82) is 0 Å². The number of rotatable bonds is 6. The quantitative estimate of drug-likeness (QED) is 0.836. The average molecular weight is 315 g/mol. The second kappa shape index (κ2) is 5.84. The van der Waals surface area contributed by atoms with E-state index in [1.54, 1.807) is 6.20 Å². The predicted octanol–water partition coefficient (Wildman–Crippen LogP) is 1.56. The maximum Gasteiger partial charge on any atom is 0.283 e. The van der Waals surface area contributed by atoms with Gasteiger partial charge in [-0.15, -0.1) is 0 Å². The van der Waals surface area contributed by atoms with Crippen LogP contribution < -0.4 is 16.6 Å². The predicted molar refractivity (Wildman–Crippen MR) is 75.7 cm³/mol. The van der Waals surface area contributed by atoms with Crippen LogP contribution in [-0.4, -0.2) is 22.4 Å². The van der Waals surface area contributed by atoms with Crippen LogP contribution in [0.25, 0.3) is 0 Å². The zero-order valence-corrected chi connectivity index (χ0v) is 12.1. The molecule has 1 saturated carbocycles. The van der Waals surface area contributed by atoms with Crippen LogP contribution in [0.4, 0.5) is 5.69 Å². The normalized spacial score (nSPS) is 16.6. The fourth-order valence-electron chi connectivity index (χ4n) is 1.65. The number of nitrogens with one attached hydrogen (secondary N) is 1. The van der Waals surface area contributed by atoms with Gasteiger partial charge in [-0.2, -0.15) is 5.10 Å². The van der Waals surface area contributed by atoms with Crippen molar-refractivity contribution in [3.8, 4) is 0 Å². The first-order chi connectivity index (χ1) is 8.61. The standard InChI is InChI=1S/C12H19BrN4O/c1-2-9(14)5-15-10-6-16-17(7-8-3-4-8)12(18)11(10)13/h6,8-9,15H,2-5,7,14H2,1H3. The number of hydrogen-bond donors (Lipinski definition) is 2. The summed E-state index contributed by atoms with van der Waals surface area (Å²) in [6.07, 6.45) is 5.00. The molecule has 1 aliphatic carbocycles. The average Bonchev–Trinajstić information content (AvgIpc) is 3.17. The Morgan fingerprint density at radius 2 is 2.39 bits per heavy atom. The highest BCUT2D eigenvalue weighted by Gasteiger charge is 2.23. The van der Waals surface area contributed by atoms with Crippen LogP contribution in [0, 0.1) is 5.92 Å². The van der Waals surface area contributed by atoms with Gasteiger partial charge in [-0.3, -0.25) is 4.79 Å². The van der Waals surface area contributed by atoms with Gasteiger partial charge in [0.25, 0.3) is 5.56 Å². The van der Waals surface area contributed by atoms with E-state index < -0.39 is 0 Å². The van der Waals surface area contributed by atoms with Crippen molar-refractivity contribution in [2.24, 2.45) is 11.7 Å². The highest BCUT2D eigenvalue weighted by molar-refractivity contribution is 9.10. The van der Waals surface area contributed by atoms with Crippen LogP contribution in [-0.2, 0) is 6.54 Å². The summed E-state index contributed by atoms with van der Waals surface area (Å²) in [5.41, 5.74) is 6.48. The molecule has 6 heteroatoms. The highest BCUT2D eigenvalue weighted by atomic mass is 79.9. The summed E-state index contributed by atoms with van der Waals surface area (Å²) >= 11 is 3.34. The van der Waals surface area contributed by atoms with E-state index in [2.05, 4.69) is 26.3 Å². The molecule has 2 rings (SSSR count). The highest BCUT2D eigenvalue weighted by Crippen LogP contribution is 2.30. The van der Waals surface area contributed by atoms with Gasteiger partial charge in [0, 0.05) is 19.1 Å². The van der Waals surface area contributed by atoms with E-state index in [0.717, 1.165) is 18.7 Å². The molecule has 1 aromatic heterocycles.